The molecule has 5 heteroatoms. The number of carbonyl (C=O) groups is 1. The molecule has 86 valence electrons. The minimum absolute atomic E-state index is 0.113. The molecule has 0 saturated heterocycles. The molecule has 4 nitrogen and oxygen atoms in total. The third-order valence-electron chi connectivity index (χ3n) is 2.02. The molecule has 2 rings (SSSR count). The van der Waals surface area contributed by atoms with Crippen LogP contribution < -0.4 is 5.43 Å². The minimum atomic E-state index is -0.113. The summed E-state index contributed by atoms with van der Waals surface area (Å²) in [5.41, 5.74) is 3.39. The van der Waals surface area contributed by atoms with Gasteiger partial charge >= 0.3 is 0 Å². The summed E-state index contributed by atoms with van der Waals surface area (Å²) in [5, 5.41) is 5.82. The lowest BCUT2D eigenvalue weighted by molar-refractivity contribution is -0.120. The van der Waals surface area contributed by atoms with Gasteiger partial charge in [0.05, 0.1) is 12.6 Å². The zero-order valence-electron chi connectivity index (χ0n) is 9.04. The lowest BCUT2D eigenvalue weighted by Crippen LogP contribution is -2.19. The summed E-state index contributed by atoms with van der Waals surface area (Å²) in [4.78, 5) is 16.4. The number of rotatable bonds is 4. The monoisotopic (exact) mass is 245 g/mol. The number of hydrogen-bond donors (Lipinski definition) is 1. The van der Waals surface area contributed by atoms with E-state index >= 15 is 0 Å². The highest BCUT2D eigenvalue weighted by atomic mass is 32.1. The first-order chi connectivity index (χ1) is 8.34. The fourth-order valence-corrected chi connectivity index (χ4v) is 1.94. The molecule has 0 aliphatic rings. The van der Waals surface area contributed by atoms with E-state index < -0.39 is 0 Å². The Morgan fingerprint density at radius 1 is 1.41 bits per heavy atom. The lowest BCUT2D eigenvalue weighted by atomic mass is 10.3. The van der Waals surface area contributed by atoms with Crippen LogP contribution in [-0.4, -0.2) is 17.1 Å². The van der Waals surface area contributed by atoms with Crippen molar-refractivity contribution in [1.29, 1.82) is 0 Å². The van der Waals surface area contributed by atoms with E-state index in [0.29, 0.717) is 6.42 Å². The molecule has 0 spiro atoms. The van der Waals surface area contributed by atoms with Crippen molar-refractivity contribution in [2.75, 3.05) is 0 Å². The van der Waals surface area contributed by atoms with Gasteiger partial charge < -0.3 is 0 Å². The summed E-state index contributed by atoms with van der Waals surface area (Å²) in [6.07, 6.45) is 5.31. The van der Waals surface area contributed by atoms with Gasteiger partial charge in [0.1, 0.15) is 0 Å². The molecular weight excluding hydrogens is 234 g/mol. The number of pyridine rings is 1. The highest BCUT2D eigenvalue weighted by molar-refractivity contribution is 7.10. The normalized spacial score (nSPS) is 10.6. The van der Waals surface area contributed by atoms with Crippen molar-refractivity contribution in [1.82, 2.24) is 10.4 Å². The van der Waals surface area contributed by atoms with Gasteiger partial charge in [-0.1, -0.05) is 6.07 Å². The van der Waals surface area contributed by atoms with Crippen molar-refractivity contribution in [3.05, 3.63) is 52.5 Å². The van der Waals surface area contributed by atoms with Gasteiger partial charge in [-0.05, 0) is 29.1 Å². The molecule has 2 heterocycles. The topological polar surface area (TPSA) is 54.4 Å². The maximum Gasteiger partial charge on any atom is 0.245 e. The highest BCUT2D eigenvalue weighted by Gasteiger charge is 2.01. The van der Waals surface area contributed by atoms with Crippen LogP contribution in [-0.2, 0) is 11.2 Å². The van der Waals surface area contributed by atoms with Gasteiger partial charge in [0, 0.05) is 17.3 Å². The van der Waals surface area contributed by atoms with Crippen LogP contribution in [0.5, 0.6) is 0 Å². The predicted octanol–water partition coefficient (Wildman–Crippen LogP) is 1.84. The molecule has 0 saturated carbocycles. The van der Waals surface area contributed by atoms with Crippen molar-refractivity contribution in [3.8, 4) is 0 Å². The predicted molar refractivity (Wildman–Crippen MR) is 68.0 cm³/mol. The largest absolute Gasteiger partial charge is 0.273 e. The molecule has 0 unspecified atom stereocenters. The van der Waals surface area contributed by atoms with Crippen LogP contribution in [0.3, 0.4) is 0 Å². The molecular formula is C12H11N3OS. The fraction of sp³-hybridized carbons (Fsp3) is 0.0833. The first-order valence-corrected chi connectivity index (χ1v) is 5.97. The molecule has 17 heavy (non-hydrogen) atoms. The molecule has 0 radical (unpaired) electrons. The Kier molecular flexibility index (Phi) is 3.99. The Balaban J connectivity index is 1.82. The van der Waals surface area contributed by atoms with Crippen molar-refractivity contribution in [3.63, 3.8) is 0 Å². The summed E-state index contributed by atoms with van der Waals surface area (Å²) < 4.78 is 0. The summed E-state index contributed by atoms with van der Waals surface area (Å²) in [5.74, 6) is -0.113. The number of thiophene rings is 1. The van der Waals surface area contributed by atoms with Crippen LogP contribution in [0.1, 0.15) is 10.4 Å². The SMILES string of the molecule is O=C(Cc1cccs1)NN=Cc1ccncc1. The maximum atomic E-state index is 11.5. The summed E-state index contributed by atoms with van der Waals surface area (Å²) >= 11 is 1.56. The summed E-state index contributed by atoms with van der Waals surface area (Å²) in [6, 6.07) is 7.48. The standard InChI is InChI=1S/C12H11N3OS/c16-12(8-11-2-1-7-17-11)15-14-9-10-3-5-13-6-4-10/h1-7,9H,8H2,(H,15,16). The smallest absolute Gasteiger partial charge is 0.245 e. The van der Waals surface area contributed by atoms with Crippen LogP contribution in [0, 0.1) is 0 Å². The molecule has 1 N–H and O–H groups in total. The van der Waals surface area contributed by atoms with Gasteiger partial charge in [0.15, 0.2) is 0 Å². The molecule has 0 aromatic carbocycles. The van der Waals surface area contributed by atoms with Crippen molar-refractivity contribution >= 4 is 23.5 Å². The summed E-state index contributed by atoms with van der Waals surface area (Å²) in [6.45, 7) is 0. The van der Waals surface area contributed by atoms with E-state index in [4.69, 9.17) is 0 Å². The molecule has 1 amide bonds. The maximum absolute atomic E-state index is 11.5. The number of amides is 1. The molecule has 2 aromatic heterocycles. The van der Waals surface area contributed by atoms with Crippen LogP contribution in [0.25, 0.3) is 0 Å². The number of nitrogens with one attached hydrogen (secondary N) is 1. The molecule has 2 aromatic rings. The van der Waals surface area contributed by atoms with E-state index in [2.05, 4.69) is 15.5 Å². The van der Waals surface area contributed by atoms with E-state index in [1.165, 1.54) is 0 Å². The zero-order chi connectivity index (χ0) is 11.9. The Labute approximate surface area is 103 Å². The van der Waals surface area contributed by atoms with Crippen LogP contribution in [0.4, 0.5) is 0 Å². The van der Waals surface area contributed by atoms with Gasteiger partial charge in [-0.3, -0.25) is 9.78 Å². The lowest BCUT2D eigenvalue weighted by Gasteiger charge is -1.96. The molecule has 0 bridgehead atoms. The van der Waals surface area contributed by atoms with Gasteiger partial charge in [0.2, 0.25) is 5.91 Å². The Bertz CT molecular complexity index is 494. The second kappa shape index (κ2) is 5.91. The van der Waals surface area contributed by atoms with Crippen LogP contribution in [0.15, 0.2) is 47.1 Å². The van der Waals surface area contributed by atoms with Crippen LogP contribution >= 0.6 is 11.3 Å². The molecule has 0 atom stereocenters. The minimum Gasteiger partial charge on any atom is -0.273 e. The Morgan fingerprint density at radius 2 is 2.24 bits per heavy atom. The zero-order valence-corrected chi connectivity index (χ0v) is 9.85. The van der Waals surface area contributed by atoms with E-state index in [1.54, 1.807) is 29.9 Å². The number of hydrogen-bond acceptors (Lipinski definition) is 4. The van der Waals surface area contributed by atoms with Crippen LogP contribution in [0.2, 0.25) is 0 Å². The van der Waals surface area contributed by atoms with E-state index in [9.17, 15) is 4.79 Å². The molecule has 0 aliphatic heterocycles. The number of nitrogens with zero attached hydrogens (tertiary/aromatic N) is 2. The third-order valence-corrected chi connectivity index (χ3v) is 2.90. The summed E-state index contributed by atoms with van der Waals surface area (Å²) in [7, 11) is 0. The highest BCUT2D eigenvalue weighted by Crippen LogP contribution is 2.08. The quantitative estimate of drug-likeness (QED) is 0.660. The van der Waals surface area contributed by atoms with Gasteiger partial charge in [-0.2, -0.15) is 5.10 Å². The first-order valence-electron chi connectivity index (χ1n) is 5.09. The Morgan fingerprint density at radius 3 is 2.94 bits per heavy atom. The second-order valence-corrected chi connectivity index (χ2v) is 4.36. The van der Waals surface area contributed by atoms with Crippen molar-refractivity contribution in [2.24, 2.45) is 5.10 Å². The number of carbonyl (C=O) groups excluding carboxylic acids is 1. The number of hydrazone groups is 1. The van der Waals surface area contributed by atoms with Gasteiger partial charge in [-0.15, -0.1) is 11.3 Å². The van der Waals surface area contributed by atoms with E-state index in [0.717, 1.165) is 10.4 Å². The van der Waals surface area contributed by atoms with Gasteiger partial charge in [0.25, 0.3) is 0 Å². The first kappa shape index (κ1) is 11.5. The fourth-order valence-electron chi connectivity index (χ4n) is 1.24. The molecule has 0 aliphatic carbocycles. The van der Waals surface area contributed by atoms with Crippen molar-refractivity contribution in [2.45, 2.75) is 6.42 Å². The molecule has 0 fully saturated rings. The average molecular weight is 245 g/mol. The number of aromatic nitrogens is 1. The third kappa shape index (κ3) is 3.81. The second-order valence-electron chi connectivity index (χ2n) is 3.33. The van der Waals surface area contributed by atoms with Gasteiger partial charge in [-0.25, -0.2) is 5.43 Å². The van der Waals surface area contributed by atoms with Crippen molar-refractivity contribution < 1.29 is 4.79 Å². The van der Waals surface area contributed by atoms with E-state index in [1.807, 2.05) is 29.6 Å². The Hall–Kier alpha value is -2.01. The average Bonchev–Trinajstić information content (AvgIpc) is 2.83. The van der Waals surface area contributed by atoms with E-state index in [-0.39, 0.29) is 5.91 Å².